The maximum absolute atomic E-state index is 12.1. The summed E-state index contributed by atoms with van der Waals surface area (Å²) in [5, 5.41) is 10.7. The summed E-state index contributed by atoms with van der Waals surface area (Å²) in [5.74, 6) is 1.36. The fraction of sp³-hybridized carbons (Fsp3) is 0.120. The summed E-state index contributed by atoms with van der Waals surface area (Å²) in [6, 6.07) is 21.6. The van der Waals surface area contributed by atoms with Crippen molar-refractivity contribution in [3.8, 4) is 11.4 Å². The van der Waals surface area contributed by atoms with Crippen molar-refractivity contribution >= 4 is 22.7 Å². The first-order valence-electron chi connectivity index (χ1n) is 10.2. The number of pyridine rings is 1. The van der Waals surface area contributed by atoms with Crippen molar-refractivity contribution in [3.63, 3.8) is 0 Å². The maximum atomic E-state index is 12.1. The molecule has 5 rings (SSSR count). The van der Waals surface area contributed by atoms with Crippen LogP contribution in [0.15, 0.2) is 93.5 Å². The molecule has 7 heteroatoms. The molecule has 0 aliphatic heterocycles. The first-order valence-corrected chi connectivity index (χ1v) is 11.2. The second-order valence-corrected chi connectivity index (χ2v) is 8.44. The van der Waals surface area contributed by atoms with Crippen LogP contribution in [0.25, 0.3) is 22.4 Å². The van der Waals surface area contributed by atoms with Crippen LogP contribution in [-0.4, -0.2) is 19.7 Å². The molecule has 0 saturated heterocycles. The van der Waals surface area contributed by atoms with E-state index in [1.807, 2.05) is 55.5 Å². The highest BCUT2D eigenvalue weighted by molar-refractivity contribution is 7.98. The molecule has 32 heavy (non-hydrogen) atoms. The normalized spacial score (nSPS) is 11.2. The van der Waals surface area contributed by atoms with E-state index < -0.39 is 0 Å². The molecule has 0 bridgehead atoms. The Bertz CT molecular complexity index is 1430. The van der Waals surface area contributed by atoms with Gasteiger partial charge in [0.25, 0.3) is 0 Å². The van der Waals surface area contributed by atoms with Crippen molar-refractivity contribution in [2.24, 2.45) is 0 Å². The van der Waals surface area contributed by atoms with Crippen LogP contribution in [0.5, 0.6) is 0 Å². The Kier molecular flexibility index (Phi) is 5.56. The Balaban J connectivity index is 1.51. The van der Waals surface area contributed by atoms with Gasteiger partial charge in [0.05, 0.1) is 6.54 Å². The SMILES string of the molecule is Cc1ccc2c(CSc3nnc(-c4ccncc4)n3Cc3ccccc3)cc(=O)oc2c1. The lowest BCUT2D eigenvalue weighted by atomic mass is 10.1. The maximum Gasteiger partial charge on any atom is 0.336 e. The van der Waals surface area contributed by atoms with E-state index in [-0.39, 0.29) is 5.63 Å². The summed E-state index contributed by atoms with van der Waals surface area (Å²) >= 11 is 1.56. The predicted octanol–water partition coefficient (Wildman–Crippen LogP) is 5.10. The second-order valence-electron chi connectivity index (χ2n) is 7.49. The van der Waals surface area contributed by atoms with Gasteiger partial charge in [-0.05, 0) is 41.8 Å². The summed E-state index contributed by atoms with van der Waals surface area (Å²) in [4.78, 5) is 16.2. The average Bonchev–Trinajstić information content (AvgIpc) is 3.20. The largest absolute Gasteiger partial charge is 0.423 e. The van der Waals surface area contributed by atoms with E-state index in [0.29, 0.717) is 17.9 Å². The zero-order valence-corrected chi connectivity index (χ0v) is 18.2. The zero-order valence-electron chi connectivity index (χ0n) is 17.4. The minimum absolute atomic E-state index is 0.345. The third kappa shape index (κ3) is 4.20. The number of fused-ring (bicyclic) bond motifs is 1. The summed E-state index contributed by atoms with van der Waals surface area (Å²) in [5.41, 5.74) is 4.34. The first-order chi connectivity index (χ1) is 15.7. The third-order valence-corrected chi connectivity index (χ3v) is 6.20. The van der Waals surface area contributed by atoms with Crippen molar-refractivity contribution in [2.45, 2.75) is 24.4 Å². The highest BCUT2D eigenvalue weighted by Gasteiger charge is 2.16. The van der Waals surface area contributed by atoms with Crippen LogP contribution in [0.3, 0.4) is 0 Å². The fourth-order valence-corrected chi connectivity index (χ4v) is 4.55. The Hall–Kier alpha value is -3.71. The van der Waals surface area contributed by atoms with Gasteiger partial charge in [-0.3, -0.25) is 9.55 Å². The number of hydrogen-bond acceptors (Lipinski definition) is 6. The van der Waals surface area contributed by atoms with Gasteiger partial charge >= 0.3 is 5.63 Å². The first kappa shape index (κ1) is 20.2. The molecule has 3 aromatic heterocycles. The van der Waals surface area contributed by atoms with E-state index in [1.165, 1.54) is 0 Å². The third-order valence-electron chi connectivity index (χ3n) is 5.18. The number of aromatic nitrogens is 4. The Labute approximate surface area is 189 Å². The van der Waals surface area contributed by atoms with Crippen LogP contribution in [0.4, 0.5) is 0 Å². The highest BCUT2D eigenvalue weighted by Crippen LogP contribution is 2.29. The van der Waals surface area contributed by atoms with Gasteiger partial charge < -0.3 is 4.42 Å². The van der Waals surface area contributed by atoms with Gasteiger partial charge in [0.15, 0.2) is 11.0 Å². The Morgan fingerprint density at radius 2 is 1.78 bits per heavy atom. The molecule has 0 atom stereocenters. The van der Waals surface area contributed by atoms with Crippen molar-refractivity contribution in [3.05, 3.63) is 106 Å². The molecule has 0 unspecified atom stereocenters. The zero-order chi connectivity index (χ0) is 21.9. The summed E-state index contributed by atoms with van der Waals surface area (Å²) < 4.78 is 7.50. The van der Waals surface area contributed by atoms with Gasteiger partial charge in [-0.15, -0.1) is 10.2 Å². The summed E-state index contributed by atoms with van der Waals surface area (Å²) in [7, 11) is 0. The average molecular weight is 441 g/mol. The van der Waals surface area contributed by atoms with E-state index >= 15 is 0 Å². The standard InChI is InChI=1S/C25H20N4O2S/c1-17-7-8-21-20(14-23(30)31-22(21)13-17)16-32-25-28-27-24(19-9-11-26-12-10-19)29(25)15-18-5-3-2-4-6-18/h2-14H,15-16H2,1H3. The highest BCUT2D eigenvalue weighted by atomic mass is 32.2. The van der Waals surface area contributed by atoms with Gasteiger partial charge in [-0.2, -0.15) is 0 Å². The van der Waals surface area contributed by atoms with E-state index in [0.717, 1.165) is 38.6 Å². The predicted molar refractivity (Wildman–Crippen MR) is 126 cm³/mol. The minimum Gasteiger partial charge on any atom is -0.423 e. The van der Waals surface area contributed by atoms with Crippen molar-refractivity contribution in [1.82, 2.24) is 19.7 Å². The lowest BCUT2D eigenvalue weighted by Gasteiger charge is -2.11. The summed E-state index contributed by atoms with van der Waals surface area (Å²) in [6.07, 6.45) is 3.50. The molecule has 0 radical (unpaired) electrons. The van der Waals surface area contributed by atoms with Gasteiger partial charge in [-0.25, -0.2) is 4.79 Å². The van der Waals surface area contributed by atoms with Crippen LogP contribution in [0.1, 0.15) is 16.7 Å². The van der Waals surface area contributed by atoms with Gasteiger partial charge in [0, 0.05) is 35.2 Å². The molecule has 158 valence electrons. The van der Waals surface area contributed by atoms with Crippen LogP contribution < -0.4 is 5.63 Å². The van der Waals surface area contributed by atoms with E-state index in [4.69, 9.17) is 4.42 Å². The molecule has 0 aliphatic rings. The monoisotopic (exact) mass is 440 g/mol. The molecule has 0 saturated carbocycles. The quantitative estimate of drug-likeness (QED) is 0.270. The molecule has 0 N–H and O–H groups in total. The van der Waals surface area contributed by atoms with Crippen molar-refractivity contribution < 1.29 is 4.42 Å². The molecule has 2 aromatic carbocycles. The molecule has 6 nitrogen and oxygen atoms in total. The van der Waals surface area contributed by atoms with Crippen LogP contribution >= 0.6 is 11.8 Å². The Morgan fingerprint density at radius 1 is 0.969 bits per heavy atom. The molecule has 0 fully saturated rings. The smallest absolute Gasteiger partial charge is 0.336 e. The van der Waals surface area contributed by atoms with Crippen molar-refractivity contribution in [1.29, 1.82) is 0 Å². The molecule has 0 amide bonds. The number of hydrogen-bond donors (Lipinski definition) is 0. The molecule has 0 aliphatic carbocycles. The topological polar surface area (TPSA) is 73.8 Å². The van der Waals surface area contributed by atoms with E-state index in [2.05, 4.69) is 31.9 Å². The molecule has 0 spiro atoms. The number of rotatable bonds is 6. The number of thioether (sulfide) groups is 1. The minimum atomic E-state index is -0.345. The lowest BCUT2D eigenvalue weighted by molar-refractivity contribution is 0.559. The van der Waals surface area contributed by atoms with Crippen LogP contribution in [-0.2, 0) is 12.3 Å². The number of benzene rings is 2. The van der Waals surface area contributed by atoms with Gasteiger partial charge in [0.2, 0.25) is 0 Å². The van der Waals surface area contributed by atoms with E-state index in [9.17, 15) is 4.79 Å². The molecular weight excluding hydrogens is 420 g/mol. The van der Waals surface area contributed by atoms with E-state index in [1.54, 1.807) is 30.2 Å². The van der Waals surface area contributed by atoms with Gasteiger partial charge in [-0.1, -0.05) is 54.2 Å². The van der Waals surface area contributed by atoms with Crippen LogP contribution in [0, 0.1) is 6.92 Å². The molecular formula is C25H20N4O2S. The fourth-order valence-electron chi connectivity index (χ4n) is 3.62. The second kappa shape index (κ2) is 8.80. The number of nitrogens with zero attached hydrogens (tertiary/aromatic N) is 4. The van der Waals surface area contributed by atoms with Crippen LogP contribution in [0.2, 0.25) is 0 Å². The Morgan fingerprint density at radius 3 is 2.59 bits per heavy atom. The number of aryl methyl sites for hydroxylation is 1. The van der Waals surface area contributed by atoms with Gasteiger partial charge in [0.1, 0.15) is 5.58 Å². The summed E-state index contributed by atoms with van der Waals surface area (Å²) in [6.45, 7) is 2.62. The lowest BCUT2D eigenvalue weighted by Crippen LogP contribution is -2.05. The molecule has 3 heterocycles. The molecule has 5 aromatic rings. The van der Waals surface area contributed by atoms with Crippen molar-refractivity contribution in [2.75, 3.05) is 0 Å².